The normalized spacial score (nSPS) is 12.3. The molecule has 158 valence electrons. The van der Waals surface area contributed by atoms with Crippen molar-refractivity contribution in [3.05, 3.63) is 83.1 Å². The lowest BCUT2D eigenvalue weighted by molar-refractivity contribution is 0.354. The quantitative estimate of drug-likeness (QED) is 0.481. The van der Waals surface area contributed by atoms with E-state index in [0.717, 1.165) is 12.1 Å². The van der Waals surface area contributed by atoms with Gasteiger partial charge in [0, 0.05) is 5.02 Å². The van der Waals surface area contributed by atoms with Gasteiger partial charge in [0.15, 0.2) is 11.5 Å². The van der Waals surface area contributed by atoms with Gasteiger partial charge >= 0.3 is 0 Å². The van der Waals surface area contributed by atoms with Gasteiger partial charge in [0.25, 0.3) is 10.0 Å². The average molecular weight is 450 g/mol. The average Bonchev–Trinajstić information content (AvgIpc) is 2.74. The van der Waals surface area contributed by atoms with Crippen LogP contribution in [0.25, 0.3) is 0 Å². The van der Waals surface area contributed by atoms with E-state index >= 15 is 0 Å². The highest BCUT2D eigenvalue weighted by molar-refractivity contribution is 7.92. The molecule has 0 aliphatic rings. The highest BCUT2D eigenvalue weighted by atomic mass is 35.5. The van der Waals surface area contributed by atoms with Crippen molar-refractivity contribution in [3.8, 4) is 11.5 Å². The van der Waals surface area contributed by atoms with Gasteiger partial charge in [-0.25, -0.2) is 12.8 Å². The Hall–Kier alpha value is -2.77. The van der Waals surface area contributed by atoms with Gasteiger partial charge in [-0.1, -0.05) is 17.7 Å². The number of anilines is 1. The summed E-state index contributed by atoms with van der Waals surface area (Å²) in [6.45, 7) is 1.76. The van der Waals surface area contributed by atoms with Gasteiger partial charge in [0.2, 0.25) is 0 Å². The van der Waals surface area contributed by atoms with Gasteiger partial charge < -0.3 is 9.47 Å². The van der Waals surface area contributed by atoms with E-state index < -0.39 is 21.9 Å². The van der Waals surface area contributed by atoms with E-state index in [0.29, 0.717) is 27.8 Å². The van der Waals surface area contributed by atoms with Crippen molar-refractivity contribution in [1.29, 1.82) is 0 Å². The van der Waals surface area contributed by atoms with Crippen molar-refractivity contribution in [2.75, 3.05) is 18.5 Å². The van der Waals surface area contributed by atoms with Gasteiger partial charge in [-0.15, -0.1) is 0 Å². The lowest BCUT2D eigenvalue weighted by Gasteiger charge is -2.31. The van der Waals surface area contributed by atoms with E-state index in [-0.39, 0.29) is 4.90 Å². The number of sulfonamides is 1. The third-order valence-corrected chi connectivity index (χ3v) is 6.86. The Balaban J connectivity index is 2.14. The first-order valence-corrected chi connectivity index (χ1v) is 10.9. The number of methoxy groups -OCH3 is 2. The van der Waals surface area contributed by atoms with Gasteiger partial charge in [0.05, 0.1) is 30.8 Å². The fraction of sp³-hybridized carbons (Fsp3) is 0.182. The first-order valence-electron chi connectivity index (χ1n) is 9.05. The molecule has 0 spiro atoms. The molecule has 1 atom stereocenters. The van der Waals surface area contributed by atoms with Crippen LogP contribution in [0.2, 0.25) is 5.02 Å². The Morgan fingerprint density at radius 1 is 0.900 bits per heavy atom. The molecule has 0 fully saturated rings. The maximum absolute atomic E-state index is 13.5. The number of benzene rings is 3. The summed E-state index contributed by atoms with van der Waals surface area (Å²) in [5, 5.41) is 0.483. The molecule has 3 aromatic rings. The van der Waals surface area contributed by atoms with Gasteiger partial charge in [-0.2, -0.15) is 0 Å². The molecule has 3 aromatic carbocycles. The number of hydrogen-bond donors (Lipinski definition) is 0. The maximum Gasteiger partial charge on any atom is 0.264 e. The highest BCUT2D eigenvalue weighted by Gasteiger charge is 2.31. The number of halogens is 2. The molecule has 0 radical (unpaired) electrons. The molecule has 0 saturated carbocycles. The third kappa shape index (κ3) is 4.37. The zero-order valence-corrected chi connectivity index (χ0v) is 18.2. The number of nitrogens with zero attached hydrogens (tertiary/aromatic N) is 1. The lowest BCUT2D eigenvalue weighted by atomic mass is 10.1. The molecule has 8 heteroatoms. The Labute approximate surface area is 180 Å². The van der Waals surface area contributed by atoms with Crippen LogP contribution < -0.4 is 13.8 Å². The minimum absolute atomic E-state index is 0.0221. The Morgan fingerprint density at radius 3 is 2.07 bits per heavy atom. The second-order valence-corrected chi connectivity index (χ2v) is 8.77. The maximum atomic E-state index is 13.5. The molecular formula is C22H21ClFNO4S. The molecule has 0 bridgehead atoms. The topological polar surface area (TPSA) is 55.8 Å². The van der Waals surface area contributed by atoms with Crippen LogP contribution in [0, 0.1) is 5.82 Å². The summed E-state index contributed by atoms with van der Waals surface area (Å²) >= 11 is 5.99. The van der Waals surface area contributed by atoms with E-state index in [1.54, 1.807) is 49.4 Å². The molecule has 3 rings (SSSR count). The number of rotatable bonds is 7. The minimum atomic E-state index is -4.01. The van der Waals surface area contributed by atoms with Crippen molar-refractivity contribution in [1.82, 2.24) is 0 Å². The van der Waals surface area contributed by atoms with Crippen molar-refractivity contribution in [2.45, 2.75) is 17.9 Å². The Bertz CT molecular complexity index is 1120. The highest BCUT2D eigenvalue weighted by Crippen LogP contribution is 2.37. The molecular weight excluding hydrogens is 429 g/mol. The van der Waals surface area contributed by atoms with Gasteiger partial charge in [-0.3, -0.25) is 4.31 Å². The van der Waals surface area contributed by atoms with Gasteiger partial charge in [-0.05, 0) is 73.2 Å². The summed E-state index contributed by atoms with van der Waals surface area (Å²) < 4.78 is 52.3. The van der Waals surface area contributed by atoms with E-state index in [1.807, 2.05) is 0 Å². The summed E-state index contributed by atoms with van der Waals surface area (Å²) in [4.78, 5) is -0.0221. The Morgan fingerprint density at radius 2 is 1.50 bits per heavy atom. The second-order valence-electron chi connectivity index (χ2n) is 6.52. The van der Waals surface area contributed by atoms with E-state index in [9.17, 15) is 12.8 Å². The number of hydrogen-bond acceptors (Lipinski definition) is 4. The molecule has 30 heavy (non-hydrogen) atoms. The molecule has 0 aromatic heterocycles. The Kier molecular flexibility index (Phi) is 6.53. The van der Waals surface area contributed by atoms with Crippen LogP contribution >= 0.6 is 11.6 Å². The van der Waals surface area contributed by atoms with Crippen molar-refractivity contribution >= 4 is 27.3 Å². The summed E-state index contributed by atoms with van der Waals surface area (Å²) in [5.41, 5.74) is 1.11. The standard InChI is InChI=1S/C22H21ClFNO4S/c1-15(16-4-13-21(28-2)22(14-16)29-3)25(19-9-5-17(23)6-10-19)30(26,27)20-11-7-18(24)8-12-20/h4-15H,1-3H3/t15-/m0/s1. The van der Waals surface area contributed by atoms with Crippen LogP contribution in [0.5, 0.6) is 11.5 Å². The van der Waals surface area contributed by atoms with Crippen LogP contribution in [0.15, 0.2) is 71.6 Å². The minimum Gasteiger partial charge on any atom is -0.493 e. The molecule has 0 amide bonds. The summed E-state index contributed by atoms with van der Waals surface area (Å²) in [6, 6.07) is 15.8. The SMILES string of the molecule is COc1ccc([C@H](C)N(c2ccc(Cl)cc2)S(=O)(=O)c2ccc(F)cc2)cc1OC. The van der Waals surface area contributed by atoms with Crippen LogP contribution in [0.3, 0.4) is 0 Å². The molecule has 0 N–H and O–H groups in total. The predicted octanol–water partition coefficient (Wildman–Crippen LogP) is 5.45. The number of ether oxygens (including phenoxy) is 2. The van der Waals surface area contributed by atoms with E-state index in [4.69, 9.17) is 21.1 Å². The first kappa shape index (κ1) is 21.9. The van der Waals surface area contributed by atoms with Crippen LogP contribution in [0.1, 0.15) is 18.5 Å². The fourth-order valence-electron chi connectivity index (χ4n) is 3.13. The van der Waals surface area contributed by atoms with Gasteiger partial charge in [0.1, 0.15) is 5.82 Å². The smallest absolute Gasteiger partial charge is 0.264 e. The summed E-state index contributed by atoms with van der Waals surface area (Å²) in [5.74, 6) is 0.505. The van der Waals surface area contributed by atoms with Crippen LogP contribution in [0.4, 0.5) is 10.1 Å². The van der Waals surface area contributed by atoms with E-state index in [2.05, 4.69) is 0 Å². The van der Waals surface area contributed by atoms with Crippen molar-refractivity contribution < 1.29 is 22.3 Å². The zero-order chi connectivity index (χ0) is 21.9. The summed E-state index contributed by atoms with van der Waals surface area (Å²) in [6.07, 6.45) is 0. The molecule has 5 nitrogen and oxygen atoms in total. The predicted molar refractivity (Wildman–Crippen MR) is 115 cm³/mol. The molecule has 0 heterocycles. The molecule has 0 aliphatic heterocycles. The molecule has 0 aliphatic carbocycles. The third-order valence-electron chi connectivity index (χ3n) is 4.69. The lowest BCUT2D eigenvalue weighted by Crippen LogP contribution is -2.33. The summed E-state index contributed by atoms with van der Waals surface area (Å²) in [7, 11) is -0.975. The molecule has 0 unspecified atom stereocenters. The van der Waals surface area contributed by atoms with E-state index in [1.165, 1.54) is 30.7 Å². The largest absolute Gasteiger partial charge is 0.493 e. The monoisotopic (exact) mass is 449 g/mol. The van der Waals surface area contributed by atoms with Crippen LogP contribution in [-0.4, -0.2) is 22.6 Å². The van der Waals surface area contributed by atoms with Crippen molar-refractivity contribution in [3.63, 3.8) is 0 Å². The first-order chi connectivity index (χ1) is 14.3. The zero-order valence-electron chi connectivity index (χ0n) is 16.7. The van der Waals surface area contributed by atoms with Crippen molar-refractivity contribution in [2.24, 2.45) is 0 Å². The fourth-order valence-corrected chi connectivity index (χ4v) is 4.90. The van der Waals surface area contributed by atoms with Crippen LogP contribution in [-0.2, 0) is 10.0 Å². The second kappa shape index (κ2) is 8.93. The molecule has 0 saturated heterocycles.